The number of benzene rings is 3. The van der Waals surface area contributed by atoms with Gasteiger partial charge in [0.2, 0.25) is 4.80 Å². The molecule has 0 atom stereocenters. The number of carbonyl (C=O) groups is 1. The van der Waals surface area contributed by atoms with Gasteiger partial charge in [-0.05, 0) is 41.3 Å². The highest BCUT2D eigenvalue weighted by molar-refractivity contribution is 9.10. The van der Waals surface area contributed by atoms with Crippen molar-refractivity contribution in [3.63, 3.8) is 0 Å². The fourth-order valence-corrected chi connectivity index (χ4v) is 4.85. The second kappa shape index (κ2) is 9.59. The molecule has 6 heteroatoms. The Balaban J connectivity index is 2.00. The molecule has 160 valence electrons. The summed E-state index contributed by atoms with van der Waals surface area (Å²) < 4.78 is 2.34. The van der Waals surface area contributed by atoms with Gasteiger partial charge < -0.3 is 0 Å². The number of halogens is 1. The maximum atomic E-state index is 13.4. The first-order valence-corrected chi connectivity index (χ1v) is 11.8. The first kappa shape index (κ1) is 22.1. The minimum atomic E-state index is -0.400. The van der Waals surface area contributed by atoms with Gasteiger partial charge in [0, 0.05) is 21.0 Å². The Morgan fingerprint density at radius 1 is 0.938 bits per heavy atom. The molecule has 0 N–H and O–H groups in total. The molecule has 0 spiro atoms. The topological polar surface area (TPSA) is 51.4 Å². The molecule has 4 rings (SSSR count). The molecular weight excluding hydrogens is 484 g/mol. The lowest BCUT2D eigenvalue weighted by molar-refractivity contribution is 0.0998. The highest BCUT2D eigenvalue weighted by Crippen LogP contribution is 2.24. The van der Waals surface area contributed by atoms with Crippen LogP contribution in [0, 0.1) is 0 Å². The van der Waals surface area contributed by atoms with Crippen molar-refractivity contribution in [2.24, 2.45) is 4.99 Å². The van der Waals surface area contributed by atoms with Gasteiger partial charge in [-0.1, -0.05) is 95.7 Å². The second-order valence-electron chi connectivity index (χ2n) is 7.57. The van der Waals surface area contributed by atoms with E-state index in [1.54, 1.807) is 28.8 Å². The van der Waals surface area contributed by atoms with Crippen LogP contribution in [0.25, 0.3) is 16.1 Å². The summed E-state index contributed by atoms with van der Waals surface area (Å²) in [5.74, 6) is -0.200. The quantitative estimate of drug-likeness (QED) is 0.332. The zero-order valence-electron chi connectivity index (χ0n) is 17.7. The summed E-state index contributed by atoms with van der Waals surface area (Å²) in [5, 5.41) is 0. The molecule has 0 radical (unpaired) electrons. The van der Waals surface area contributed by atoms with Crippen molar-refractivity contribution in [3.8, 4) is 16.1 Å². The minimum absolute atomic E-state index is 0.200. The van der Waals surface area contributed by atoms with Crippen LogP contribution in [0.1, 0.15) is 35.7 Å². The van der Waals surface area contributed by atoms with Crippen molar-refractivity contribution in [1.82, 2.24) is 4.57 Å². The molecule has 0 saturated carbocycles. The van der Waals surface area contributed by atoms with Gasteiger partial charge in [-0.2, -0.15) is 4.99 Å². The second-order valence-corrected chi connectivity index (χ2v) is 9.50. The maximum absolute atomic E-state index is 13.4. The van der Waals surface area contributed by atoms with Crippen LogP contribution in [0.15, 0.2) is 99.2 Å². The van der Waals surface area contributed by atoms with E-state index in [0.29, 0.717) is 10.4 Å². The third-order valence-electron chi connectivity index (χ3n) is 4.99. The van der Waals surface area contributed by atoms with Crippen molar-refractivity contribution in [2.45, 2.75) is 19.8 Å². The molecule has 0 aliphatic carbocycles. The number of hydrogen-bond donors (Lipinski definition) is 0. The maximum Gasteiger partial charge on any atom is 0.279 e. The van der Waals surface area contributed by atoms with Crippen LogP contribution >= 0.6 is 27.3 Å². The molecule has 1 aromatic heterocycles. The third kappa shape index (κ3) is 4.71. The van der Waals surface area contributed by atoms with Gasteiger partial charge in [0.15, 0.2) is 0 Å². The lowest BCUT2D eigenvalue weighted by Gasteiger charge is -2.15. The van der Waals surface area contributed by atoms with Crippen molar-refractivity contribution < 1.29 is 4.79 Å². The Morgan fingerprint density at radius 3 is 2.38 bits per heavy atom. The fourth-order valence-electron chi connectivity index (χ4n) is 3.44. The first-order chi connectivity index (χ1) is 15.4. The van der Waals surface area contributed by atoms with Crippen molar-refractivity contribution in [2.75, 3.05) is 0 Å². The SMILES string of the molecule is CC(C)c1ccccc1-n1c(=O)cc(-c2ccccc2)sc1=NC(=O)c1cccc(Br)c1. The van der Waals surface area contributed by atoms with Crippen LogP contribution in [0.3, 0.4) is 0 Å². The molecule has 4 nitrogen and oxygen atoms in total. The van der Waals surface area contributed by atoms with Crippen LogP contribution in [-0.2, 0) is 0 Å². The summed E-state index contributed by atoms with van der Waals surface area (Å²) in [6, 6.07) is 26.1. The first-order valence-electron chi connectivity index (χ1n) is 10.2. The summed E-state index contributed by atoms with van der Waals surface area (Å²) in [6.45, 7) is 4.16. The predicted molar refractivity (Wildman–Crippen MR) is 133 cm³/mol. The van der Waals surface area contributed by atoms with Crippen LogP contribution in [0.4, 0.5) is 0 Å². The average Bonchev–Trinajstić information content (AvgIpc) is 2.79. The summed E-state index contributed by atoms with van der Waals surface area (Å²) >= 11 is 4.72. The van der Waals surface area contributed by atoms with E-state index in [4.69, 9.17) is 0 Å². The van der Waals surface area contributed by atoms with Crippen LogP contribution in [0.2, 0.25) is 0 Å². The van der Waals surface area contributed by atoms with Gasteiger partial charge >= 0.3 is 0 Å². The van der Waals surface area contributed by atoms with E-state index < -0.39 is 5.91 Å². The van der Waals surface area contributed by atoms with E-state index in [1.807, 2.05) is 60.7 Å². The summed E-state index contributed by atoms with van der Waals surface area (Å²) in [5.41, 5.74) is 2.89. The Bertz CT molecular complexity index is 1410. The van der Waals surface area contributed by atoms with E-state index in [0.717, 1.165) is 26.2 Å². The molecular formula is C26H21BrN2O2S. The normalized spacial score (nSPS) is 11.7. The van der Waals surface area contributed by atoms with Crippen LogP contribution < -0.4 is 10.4 Å². The van der Waals surface area contributed by atoms with E-state index in [-0.39, 0.29) is 11.5 Å². The average molecular weight is 505 g/mol. The highest BCUT2D eigenvalue weighted by Gasteiger charge is 2.14. The smallest absolute Gasteiger partial charge is 0.269 e. The molecule has 4 aromatic rings. The van der Waals surface area contributed by atoms with Crippen molar-refractivity contribution >= 4 is 33.2 Å². The van der Waals surface area contributed by atoms with E-state index in [9.17, 15) is 9.59 Å². The standard InChI is InChI=1S/C26H21BrN2O2S/c1-17(2)21-13-6-7-14-22(21)29-24(30)16-23(18-9-4-3-5-10-18)32-26(29)28-25(31)19-11-8-12-20(27)15-19/h3-17H,1-2H3. The number of aromatic nitrogens is 1. The molecule has 0 unspecified atom stereocenters. The molecule has 0 aliphatic rings. The Labute approximate surface area is 198 Å². The Hall–Kier alpha value is -3.09. The van der Waals surface area contributed by atoms with Crippen LogP contribution in [0.5, 0.6) is 0 Å². The Morgan fingerprint density at radius 2 is 1.66 bits per heavy atom. The lowest BCUT2D eigenvalue weighted by atomic mass is 10.0. The van der Waals surface area contributed by atoms with E-state index in [1.165, 1.54) is 11.3 Å². The molecule has 1 amide bonds. The zero-order chi connectivity index (χ0) is 22.7. The van der Waals surface area contributed by atoms with Gasteiger partial charge in [0.25, 0.3) is 11.5 Å². The number of nitrogens with zero attached hydrogens (tertiary/aromatic N) is 2. The van der Waals surface area contributed by atoms with Gasteiger partial charge in [0.05, 0.1) is 5.69 Å². The van der Waals surface area contributed by atoms with Crippen LogP contribution in [-0.4, -0.2) is 10.5 Å². The number of hydrogen-bond acceptors (Lipinski definition) is 3. The van der Waals surface area contributed by atoms with Crippen molar-refractivity contribution in [3.05, 3.63) is 116 Å². The molecule has 1 heterocycles. The van der Waals surface area contributed by atoms with E-state index in [2.05, 4.69) is 34.8 Å². The summed E-state index contributed by atoms with van der Waals surface area (Å²) in [4.78, 5) is 31.9. The monoisotopic (exact) mass is 504 g/mol. The number of amides is 1. The zero-order valence-corrected chi connectivity index (χ0v) is 20.1. The minimum Gasteiger partial charge on any atom is -0.269 e. The molecule has 32 heavy (non-hydrogen) atoms. The lowest BCUT2D eigenvalue weighted by Crippen LogP contribution is -2.31. The van der Waals surface area contributed by atoms with Crippen molar-refractivity contribution in [1.29, 1.82) is 0 Å². The van der Waals surface area contributed by atoms with Gasteiger partial charge in [-0.15, -0.1) is 0 Å². The Kier molecular flexibility index (Phi) is 6.63. The number of para-hydroxylation sites is 1. The van der Waals surface area contributed by atoms with Gasteiger partial charge in [0.1, 0.15) is 0 Å². The number of rotatable bonds is 4. The van der Waals surface area contributed by atoms with Gasteiger partial charge in [-0.25, -0.2) is 0 Å². The van der Waals surface area contributed by atoms with E-state index >= 15 is 0 Å². The summed E-state index contributed by atoms with van der Waals surface area (Å²) in [7, 11) is 0. The fraction of sp³-hybridized carbons (Fsp3) is 0.115. The highest BCUT2D eigenvalue weighted by atomic mass is 79.9. The predicted octanol–water partition coefficient (Wildman–Crippen LogP) is 6.19. The molecule has 0 aliphatic heterocycles. The molecule has 0 saturated heterocycles. The largest absolute Gasteiger partial charge is 0.279 e. The molecule has 0 bridgehead atoms. The molecule has 3 aromatic carbocycles. The number of carbonyl (C=O) groups excluding carboxylic acids is 1. The van der Waals surface area contributed by atoms with Gasteiger partial charge in [-0.3, -0.25) is 14.2 Å². The molecule has 0 fully saturated rings. The summed E-state index contributed by atoms with van der Waals surface area (Å²) in [6.07, 6.45) is 0. The third-order valence-corrected chi connectivity index (χ3v) is 6.52.